The van der Waals surface area contributed by atoms with E-state index in [4.69, 9.17) is 14.9 Å². The molecule has 0 spiro atoms. The number of nitrogens with zero attached hydrogens (tertiary/aromatic N) is 1. The zero-order chi connectivity index (χ0) is 12.2. The molecule has 6 nitrogen and oxygen atoms in total. The van der Waals surface area contributed by atoms with Crippen LogP contribution in [0.4, 0.5) is 6.01 Å². The first kappa shape index (κ1) is 12.5. The Morgan fingerprint density at radius 2 is 2.38 bits per heavy atom. The van der Waals surface area contributed by atoms with Crippen LogP contribution < -0.4 is 11.1 Å². The minimum absolute atomic E-state index is 0.150. The lowest BCUT2D eigenvalue weighted by Crippen LogP contribution is -2.39. The van der Waals surface area contributed by atoms with Gasteiger partial charge in [0.2, 0.25) is 0 Å². The molecule has 0 atom stereocenters. The molecule has 0 aliphatic carbocycles. The molecule has 0 radical (unpaired) electrons. The summed E-state index contributed by atoms with van der Waals surface area (Å²) in [4.78, 5) is 15.3. The second-order valence-corrected chi connectivity index (χ2v) is 3.97. The number of anilines is 1. The van der Waals surface area contributed by atoms with Crippen LogP contribution in [0.1, 0.15) is 31.3 Å². The normalized spacial score (nSPS) is 11.2. The molecular formula is C10H17N3O3. The van der Waals surface area contributed by atoms with Gasteiger partial charge < -0.3 is 20.2 Å². The summed E-state index contributed by atoms with van der Waals surface area (Å²) < 4.78 is 9.87. The van der Waals surface area contributed by atoms with Crippen LogP contribution in [-0.2, 0) is 4.74 Å². The maximum Gasteiger partial charge on any atom is 0.360 e. The molecule has 0 aliphatic heterocycles. The van der Waals surface area contributed by atoms with E-state index in [-0.39, 0.29) is 17.2 Å². The van der Waals surface area contributed by atoms with Gasteiger partial charge in [-0.2, -0.15) is 4.98 Å². The van der Waals surface area contributed by atoms with Crippen LogP contribution in [-0.4, -0.2) is 29.6 Å². The number of ether oxygens (including phenoxy) is 1. The van der Waals surface area contributed by atoms with E-state index in [9.17, 15) is 4.79 Å². The first-order valence-electron chi connectivity index (χ1n) is 5.09. The van der Waals surface area contributed by atoms with Gasteiger partial charge in [0.05, 0.1) is 6.61 Å². The van der Waals surface area contributed by atoms with Crippen molar-refractivity contribution in [3.63, 3.8) is 0 Å². The van der Waals surface area contributed by atoms with E-state index in [2.05, 4.69) is 10.3 Å². The zero-order valence-electron chi connectivity index (χ0n) is 9.74. The first-order valence-corrected chi connectivity index (χ1v) is 5.09. The molecule has 90 valence electrons. The number of nitrogens with one attached hydrogen (secondary N) is 1. The molecule has 16 heavy (non-hydrogen) atoms. The van der Waals surface area contributed by atoms with Gasteiger partial charge in [-0.05, 0) is 20.8 Å². The fourth-order valence-corrected chi connectivity index (χ4v) is 0.970. The van der Waals surface area contributed by atoms with Crippen LogP contribution >= 0.6 is 0 Å². The maximum absolute atomic E-state index is 11.3. The number of nitrogens with two attached hydrogens (primary N) is 1. The highest BCUT2D eigenvalue weighted by Gasteiger charge is 2.19. The second-order valence-electron chi connectivity index (χ2n) is 3.97. The molecule has 0 aliphatic rings. The molecule has 3 N–H and O–H groups in total. The molecule has 1 rings (SSSR count). The molecular weight excluding hydrogens is 210 g/mol. The van der Waals surface area contributed by atoms with Crippen molar-refractivity contribution < 1.29 is 13.9 Å². The van der Waals surface area contributed by atoms with Crippen LogP contribution in [0.2, 0.25) is 0 Å². The van der Waals surface area contributed by atoms with Gasteiger partial charge in [0.1, 0.15) is 6.26 Å². The van der Waals surface area contributed by atoms with Crippen LogP contribution in [0.25, 0.3) is 0 Å². The van der Waals surface area contributed by atoms with Gasteiger partial charge in [-0.1, -0.05) is 0 Å². The third-order valence-corrected chi connectivity index (χ3v) is 1.94. The average Bonchev–Trinajstić information content (AvgIpc) is 2.66. The summed E-state index contributed by atoms with van der Waals surface area (Å²) in [6, 6.07) is 0.263. The van der Waals surface area contributed by atoms with E-state index in [1.165, 1.54) is 6.26 Å². The van der Waals surface area contributed by atoms with Crippen molar-refractivity contribution in [1.82, 2.24) is 4.98 Å². The lowest BCUT2D eigenvalue weighted by molar-refractivity contribution is 0.0519. The first-order chi connectivity index (χ1) is 7.48. The summed E-state index contributed by atoms with van der Waals surface area (Å²) in [6.45, 7) is 6.27. The molecule has 1 heterocycles. The highest BCUT2D eigenvalue weighted by molar-refractivity contribution is 5.87. The van der Waals surface area contributed by atoms with Crippen molar-refractivity contribution in [2.45, 2.75) is 26.3 Å². The summed E-state index contributed by atoms with van der Waals surface area (Å²) in [5.74, 6) is -0.496. The Balaban J connectivity index is 2.68. The predicted molar refractivity (Wildman–Crippen MR) is 59.2 cm³/mol. The quantitative estimate of drug-likeness (QED) is 0.729. The summed E-state index contributed by atoms with van der Waals surface area (Å²) in [7, 11) is 0. The fourth-order valence-electron chi connectivity index (χ4n) is 0.970. The number of esters is 1. The number of rotatable bonds is 5. The van der Waals surface area contributed by atoms with Gasteiger partial charge in [-0.25, -0.2) is 4.79 Å². The molecule has 1 aromatic rings. The Morgan fingerprint density at radius 1 is 1.69 bits per heavy atom. The topological polar surface area (TPSA) is 90.4 Å². The van der Waals surface area contributed by atoms with Crippen molar-refractivity contribution in [3.05, 3.63) is 12.0 Å². The standard InChI is InChI=1S/C10H17N3O3/c1-4-15-8(14)7-5-16-9(12-7)13-10(2,3)6-11/h5H,4,6,11H2,1-3H3,(H,12,13). The Hall–Kier alpha value is -1.56. The van der Waals surface area contributed by atoms with E-state index >= 15 is 0 Å². The van der Waals surface area contributed by atoms with Gasteiger partial charge >= 0.3 is 5.97 Å². The Kier molecular flexibility index (Phi) is 3.89. The number of hydrogen-bond acceptors (Lipinski definition) is 6. The summed E-state index contributed by atoms with van der Waals surface area (Å²) in [5, 5.41) is 2.97. The molecule has 0 saturated carbocycles. The van der Waals surface area contributed by atoms with Crippen molar-refractivity contribution in [2.24, 2.45) is 5.73 Å². The molecule has 0 fully saturated rings. The molecule has 0 bridgehead atoms. The van der Waals surface area contributed by atoms with Crippen molar-refractivity contribution in [3.8, 4) is 0 Å². The molecule has 0 unspecified atom stereocenters. The minimum atomic E-state index is -0.496. The van der Waals surface area contributed by atoms with Crippen LogP contribution in [0.5, 0.6) is 0 Å². The van der Waals surface area contributed by atoms with Gasteiger partial charge in [-0.15, -0.1) is 0 Å². The lowest BCUT2D eigenvalue weighted by Gasteiger charge is -2.22. The zero-order valence-corrected chi connectivity index (χ0v) is 9.74. The maximum atomic E-state index is 11.3. The Morgan fingerprint density at radius 3 is 2.94 bits per heavy atom. The number of carbonyl (C=O) groups excluding carboxylic acids is 1. The summed E-state index contributed by atoms with van der Waals surface area (Å²) >= 11 is 0. The largest absolute Gasteiger partial charge is 0.461 e. The monoisotopic (exact) mass is 227 g/mol. The summed E-state index contributed by atoms with van der Waals surface area (Å²) in [5.41, 5.74) is 5.36. The number of aromatic nitrogens is 1. The van der Waals surface area contributed by atoms with Gasteiger partial charge in [0.15, 0.2) is 5.69 Å². The third kappa shape index (κ3) is 3.23. The Labute approximate surface area is 94.2 Å². The molecule has 0 amide bonds. The van der Waals surface area contributed by atoms with Gasteiger partial charge in [0, 0.05) is 12.1 Å². The SMILES string of the molecule is CCOC(=O)c1coc(NC(C)(C)CN)n1. The van der Waals surface area contributed by atoms with Crippen LogP contribution in [0.15, 0.2) is 10.7 Å². The van der Waals surface area contributed by atoms with E-state index in [1.807, 2.05) is 13.8 Å². The second kappa shape index (κ2) is 4.98. The lowest BCUT2D eigenvalue weighted by atomic mass is 10.1. The highest BCUT2D eigenvalue weighted by atomic mass is 16.5. The summed E-state index contributed by atoms with van der Waals surface area (Å²) in [6.07, 6.45) is 1.26. The van der Waals surface area contributed by atoms with E-state index in [0.717, 1.165) is 0 Å². The van der Waals surface area contributed by atoms with E-state index in [0.29, 0.717) is 13.2 Å². The van der Waals surface area contributed by atoms with Gasteiger partial charge in [0.25, 0.3) is 6.01 Å². The molecule has 0 saturated heterocycles. The molecule has 6 heteroatoms. The molecule has 0 aromatic carbocycles. The smallest absolute Gasteiger partial charge is 0.360 e. The van der Waals surface area contributed by atoms with Crippen molar-refractivity contribution in [2.75, 3.05) is 18.5 Å². The van der Waals surface area contributed by atoms with Crippen molar-refractivity contribution >= 4 is 12.0 Å². The molecule has 1 aromatic heterocycles. The van der Waals surface area contributed by atoms with Gasteiger partial charge in [-0.3, -0.25) is 0 Å². The highest BCUT2D eigenvalue weighted by Crippen LogP contribution is 2.14. The number of oxazole rings is 1. The number of hydrogen-bond donors (Lipinski definition) is 2. The Bertz CT molecular complexity index is 360. The van der Waals surface area contributed by atoms with Crippen LogP contribution in [0, 0.1) is 0 Å². The third-order valence-electron chi connectivity index (χ3n) is 1.94. The number of carbonyl (C=O) groups is 1. The predicted octanol–water partition coefficient (Wildman–Crippen LogP) is 1.00. The average molecular weight is 227 g/mol. The fraction of sp³-hybridized carbons (Fsp3) is 0.600. The van der Waals surface area contributed by atoms with E-state index in [1.54, 1.807) is 6.92 Å². The van der Waals surface area contributed by atoms with Crippen molar-refractivity contribution in [1.29, 1.82) is 0 Å². The van der Waals surface area contributed by atoms with Crippen LogP contribution in [0.3, 0.4) is 0 Å². The minimum Gasteiger partial charge on any atom is -0.461 e. The van der Waals surface area contributed by atoms with E-state index < -0.39 is 5.97 Å².